The zero-order valence-electron chi connectivity index (χ0n) is 16.7. The molecule has 0 unspecified atom stereocenters. The lowest BCUT2D eigenvalue weighted by Gasteiger charge is -2.42. The molecule has 0 aliphatic carbocycles. The molecule has 1 aromatic heterocycles. The number of nitro groups is 1. The number of aromatic nitrogens is 1. The van der Waals surface area contributed by atoms with Crippen LogP contribution in [0.5, 0.6) is 0 Å². The van der Waals surface area contributed by atoms with Gasteiger partial charge in [0.15, 0.2) is 0 Å². The SMILES string of the molecule is CC(C)(C)OC(=O)N1CCN(c2c([N+](=O)[O-])cnc3cc(Br)c(Cl)cc23)[C@@H](CCl)C1. The molecule has 0 saturated carbocycles. The highest BCUT2D eigenvalue weighted by molar-refractivity contribution is 9.10. The molecule has 1 atom stereocenters. The van der Waals surface area contributed by atoms with Crippen LogP contribution in [0.2, 0.25) is 5.02 Å². The van der Waals surface area contributed by atoms with Crippen molar-refractivity contribution >= 4 is 67.5 Å². The second-order valence-electron chi connectivity index (χ2n) is 7.96. The minimum atomic E-state index is -0.616. The Morgan fingerprint density at radius 2 is 2.10 bits per heavy atom. The first-order valence-electron chi connectivity index (χ1n) is 9.24. The topological polar surface area (TPSA) is 88.8 Å². The Bertz CT molecular complexity index is 999. The minimum Gasteiger partial charge on any atom is -0.444 e. The third-order valence-corrected chi connectivity index (χ3v) is 6.21. The number of pyridine rings is 1. The Balaban J connectivity index is 2.02. The number of carbonyl (C=O) groups is 1. The molecule has 1 aromatic carbocycles. The molecule has 1 saturated heterocycles. The molecular formula is C19H21BrCl2N4O4. The maximum atomic E-state index is 12.5. The van der Waals surface area contributed by atoms with Crippen LogP contribution >= 0.6 is 39.1 Å². The van der Waals surface area contributed by atoms with Crippen LogP contribution in [0.1, 0.15) is 20.8 Å². The van der Waals surface area contributed by atoms with Crippen LogP contribution in [-0.4, -0.2) is 58.1 Å². The molecule has 2 heterocycles. The molecule has 0 N–H and O–H groups in total. The molecule has 1 fully saturated rings. The van der Waals surface area contributed by atoms with Gasteiger partial charge in [-0.1, -0.05) is 11.6 Å². The van der Waals surface area contributed by atoms with Crippen molar-refractivity contribution in [3.63, 3.8) is 0 Å². The summed E-state index contributed by atoms with van der Waals surface area (Å²) in [7, 11) is 0. The van der Waals surface area contributed by atoms with Gasteiger partial charge in [-0.05, 0) is 48.8 Å². The van der Waals surface area contributed by atoms with Crippen LogP contribution < -0.4 is 4.90 Å². The van der Waals surface area contributed by atoms with Crippen molar-refractivity contribution in [3.8, 4) is 0 Å². The summed E-state index contributed by atoms with van der Waals surface area (Å²) in [6, 6.07) is 3.03. The summed E-state index contributed by atoms with van der Waals surface area (Å²) >= 11 is 15.9. The highest BCUT2D eigenvalue weighted by atomic mass is 79.9. The van der Waals surface area contributed by atoms with Gasteiger partial charge in [0.1, 0.15) is 17.5 Å². The van der Waals surface area contributed by atoms with Crippen molar-refractivity contribution in [2.45, 2.75) is 32.4 Å². The number of benzene rings is 1. The van der Waals surface area contributed by atoms with E-state index in [1.165, 1.54) is 6.20 Å². The molecule has 0 spiro atoms. The standard InChI is InChI=1S/C19H21BrCl2N4O4/c1-19(2,3)30-18(27)24-4-5-25(11(8-21)10-24)17-12-6-14(22)13(20)7-15(12)23-9-16(17)26(28)29/h6-7,9,11H,4-5,8,10H2,1-3H3/t11-/m0/s1. The summed E-state index contributed by atoms with van der Waals surface area (Å²) in [6.45, 7) is 6.37. The Labute approximate surface area is 192 Å². The first kappa shape index (κ1) is 22.8. The van der Waals surface area contributed by atoms with Crippen LogP contribution in [0.4, 0.5) is 16.2 Å². The average molecular weight is 520 g/mol. The van der Waals surface area contributed by atoms with Crippen molar-refractivity contribution < 1.29 is 14.5 Å². The van der Waals surface area contributed by atoms with Crippen molar-refractivity contribution in [1.29, 1.82) is 0 Å². The lowest BCUT2D eigenvalue weighted by Crippen LogP contribution is -2.56. The average Bonchev–Trinajstić information content (AvgIpc) is 2.66. The summed E-state index contributed by atoms with van der Waals surface area (Å²) in [5.74, 6) is 0.171. The number of rotatable bonds is 3. The summed E-state index contributed by atoms with van der Waals surface area (Å²) in [5, 5.41) is 12.7. The zero-order valence-corrected chi connectivity index (χ0v) is 19.8. The quantitative estimate of drug-likeness (QED) is 0.313. The molecule has 3 rings (SSSR count). The van der Waals surface area contributed by atoms with Crippen LogP contribution in [0.25, 0.3) is 10.9 Å². The van der Waals surface area contributed by atoms with E-state index in [4.69, 9.17) is 27.9 Å². The van der Waals surface area contributed by atoms with Crippen molar-refractivity contribution in [1.82, 2.24) is 9.88 Å². The molecule has 8 nitrogen and oxygen atoms in total. The van der Waals surface area contributed by atoms with Crippen LogP contribution in [0, 0.1) is 10.1 Å². The molecule has 0 bridgehead atoms. The lowest BCUT2D eigenvalue weighted by molar-refractivity contribution is -0.384. The van der Waals surface area contributed by atoms with Crippen molar-refractivity contribution in [2.75, 3.05) is 30.4 Å². The zero-order chi connectivity index (χ0) is 22.2. The number of nitrogens with zero attached hydrogens (tertiary/aromatic N) is 4. The van der Waals surface area contributed by atoms with Gasteiger partial charge in [0.05, 0.1) is 21.5 Å². The second-order valence-corrected chi connectivity index (χ2v) is 9.53. The van der Waals surface area contributed by atoms with Crippen LogP contribution in [0.15, 0.2) is 22.8 Å². The van der Waals surface area contributed by atoms with E-state index in [0.29, 0.717) is 39.2 Å². The first-order valence-corrected chi connectivity index (χ1v) is 10.9. The van der Waals surface area contributed by atoms with E-state index in [1.807, 2.05) is 4.90 Å². The molecule has 30 heavy (non-hydrogen) atoms. The van der Waals surface area contributed by atoms with Crippen molar-refractivity contribution in [3.05, 3.63) is 37.9 Å². The van der Waals surface area contributed by atoms with Gasteiger partial charge < -0.3 is 14.5 Å². The van der Waals surface area contributed by atoms with Crippen LogP contribution in [0.3, 0.4) is 0 Å². The van der Waals surface area contributed by atoms with E-state index in [0.717, 1.165) is 0 Å². The fourth-order valence-electron chi connectivity index (χ4n) is 3.37. The highest BCUT2D eigenvalue weighted by Crippen LogP contribution is 2.40. The number of halogens is 3. The largest absolute Gasteiger partial charge is 0.444 e. The second kappa shape index (κ2) is 8.72. The third kappa shape index (κ3) is 4.73. The number of alkyl halides is 1. The van der Waals surface area contributed by atoms with Gasteiger partial charge >= 0.3 is 11.8 Å². The van der Waals surface area contributed by atoms with Gasteiger partial charge in [-0.15, -0.1) is 11.6 Å². The number of amides is 1. The smallest absolute Gasteiger partial charge is 0.410 e. The van der Waals surface area contributed by atoms with Gasteiger partial charge in [0, 0.05) is 35.4 Å². The molecular weight excluding hydrogens is 499 g/mol. The molecule has 162 valence electrons. The van der Waals surface area contributed by atoms with Gasteiger partial charge in [-0.25, -0.2) is 9.78 Å². The molecule has 1 aliphatic rings. The third-order valence-electron chi connectivity index (χ3n) is 4.66. The number of fused-ring (bicyclic) bond motifs is 1. The molecule has 2 aromatic rings. The first-order chi connectivity index (χ1) is 14.0. The summed E-state index contributed by atoms with van der Waals surface area (Å²) in [4.78, 5) is 31.4. The molecule has 0 radical (unpaired) electrons. The maximum absolute atomic E-state index is 12.5. The summed E-state index contributed by atoms with van der Waals surface area (Å²) in [6.07, 6.45) is 0.808. The van der Waals surface area contributed by atoms with Crippen LogP contribution in [-0.2, 0) is 4.74 Å². The van der Waals surface area contributed by atoms with E-state index in [1.54, 1.807) is 37.8 Å². The van der Waals surface area contributed by atoms with E-state index < -0.39 is 16.6 Å². The number of anilines is 1. The highest BCUT2D eigenvalue weighted by Gasteiger charge is 2.35. The van der Waals surface area contributed by atoms with Gasteiger partial charge in [-0.2, -0.15) is 0 Å². The Kier molecular flexibility index (Phi) is 6.64. The van der Waals surface area contributed by atoms with E-state index >= 15 is 0 Å². The Hall–Kier alpha value is -1.84. The van der Waals surface area contributed by atoms with Gasteiger partial charge in [0.25, 0.3) is 0 Å². The van der Waals surface area contributed by atoms with Gasteiger partial charge in [0.2, 0.25) is 0 Å². The normalized spacial score (nSPS) is 17.3. The monoisotopic (exact) mass is 518 g/mol. The summed E-state index contributed by atoms with van der Waals surface area (Å²) < 4.78 is 6.10. The Morgan fingerprint density at radius 1 is 1.40 bits per heavy atom. The lowest BCUT2D eigenvalue weighted by atomic mass is 10.1. The minimum absolute atomic E-state index is 0.137. The number of ether oxygens (including phenoxy) is 1. The van der Waals surface area contributed by atoms with E-state index in [9.17, 15) is 14.9 Å². The maximum Gasteiger partial charge on any atom is 0.410 e. The molecule has 1 amide bonds. The molecule has 1 aliphatic heterocycles. The predicted octanol–water partition coefficient (Wildman–Crippen LogP) is 5.22. The number of hydrogen-bond acceptors (Lipinski definition) is 6. The fraction of sp³-hybridized carbons (Fsp3) is 0.474. The predicted molar refractivity (Wildman–Crippen MR) is 121 cm³/mol. The van der Waals surface area contributed by atoms with Crippen molar-refractivity contribution in [2.24, 2.45) is 0 Å². The van der Waals surface area contributed by atoms with E-state index in [2.05, 4.69) is 20.9 Å². The Morgan fingerprint density at radius 3 is 2.70 bits per heavy atom. The fourth-order valence-corrected chi connectivity index (χ4v) is 4.13. The van der Waals surface area contributed by atoms with E-state index in [-0.39, 0.29) is 24.2 Å². The number of hydrogen-bond donors (Lipinski definition) is 0. The summed E-state index contributed by atoms with van der Waals surface area (Å²) in [5.41, 5.74) is 0.208. The number of carbonyl (C=O) groups excluding carboxylic acids is 1. The molecule has 11 heteroatoms. The van der Waals surface area contributed by atoms with Gasteiger partial charge in [-0.3, -0.25) is 10.1 Å². The number of piperazine rings is 1.